The zero-order valence-corrected chi connectivity index (χ0v) is 14.2. The van der Waals surface area contributed by atoms with Gasteiger partial charge in [-0.05, 0) is 24.3 Å². The van der Waals surface area contributed by atoms with Gasteiger partial charge in [0.25, 0.3) is 0 Å². The predicted molar refractivity (Wildman–Crippen MR) is 92.7 cm³/mol. The number of hydrogen-bond acceptors (Lipinski definition) is 2. The van der Waals surface area contributed by atoms with Crippen molar-refractivity contribution in [2.75, 3.05) is 13.1 Å². The van der Waals surface area contributed by atoms with E-state index in [9.17, 15) is 14.7 Å². The van der Waals surface area contributed by atoms with Gasteiger partial charge in [0.2, 0.25) is 5.91 Å². The topological polar surface area (TPSA) is 57.6 Å². The molecule has 0 unspecified atom stereocenters. The number of nitrogens with zero attached hydrogens (tertiary/aromatic N) is 1. The Hall–Kier alpha value is -1.84. The Labute approximate surface area is 143 Å². The molecule has 24 heavy (non-hydrogen) atoms. The maximum absolute atomic E-state index is 12.5. The quantitative estimate of drug-likeness (QED) is 0.866. The third-order valence-corrected chi connectivity index (χ3v) is 5.70. The van der Waals surface area contributed by atoms with Gasteiger partial charge in [-0.15, -0.1) is 0 Å². The van der Waals surface area contributed by atoms with Crippen molar-refractivity contribution >= 4 is 11.9 Å². The van der Waals surface area contributed by atoms with Gasteiger partial charge in [-0.1, -0.05) is 56.0 Å². The van der Waals surface area contributed by atoms with E-state index in [-0.39, 0.29) is 11.8 Å². The molecule has 1 aliphatic heterocycles. The molecule has 1 amide bonds. The summed E-state index contributed by atoms with van der Waals surface area (Å²) in [6, 6.07) is 9.73. The largest absolute Gasteiger partial charge is 0.481 e. The number of carbonyl (C=O) groups is 2. The number of amides is 1. The van der Waals surface area contributed by atoms with Crippen LogP contribution in [0, 0.1) is 11.8 Å². The van der Waals surface area contributed by atoms with Crippen molar-refractivity contribution in [2.45, 2.75) is 50.9 Å². The third-order valence-electron chi connectivity index (χ3n) is 5.70. The minimum atomic E-state index is -0.801. The summed E-state index contributed by atoms with van der Waals surface area (Å²) in [5, 5.41) is 9.53. The molecule has 2 atom stereocenters. The number of hydrogen-bond donors (Lipinski definition) is 1. The van der Waals surface area contributed by atoms with Gasteiger partial charge >= 0.3 is 5.97 Å². The normalized spacial score (nSPS) is 24.4. The van der Waals surface area contributed by atoms with Crippen LogP contribution in [0.15, 0.2) is 30.3 Å². The standard InChI is InChI=1S/C20H27NO3/c22-19(12-6-9-15-7-4-5-8-15)21-13-17(18(14-21)20(23)24)16-10-2-1-3-11-16/h1-3,10-11,15,17-18H,4-9,12-14H2,(H,23,24)/t17-,18-/m1/s1. The summed E-state index contributed by atoms with van der Waals surface area (Å²) < 4.78 is 0. The SMILES string of the molecule is O=C(O)[C@@H]1CN(C(=O)CCCC2CCCC2)C[C@@H]1c1ccccc1. The van der Waals surface area contributed by atoms with E-state index in [2.05, 4.69) is 0 Å². The summed E-state index contributed by atoms with van der Waals surface area (Å²) in [6.45, 7) is 0.875. The van der Waals surface area contributed by atoms with E-state index in [0.29, 0.717) is 19.5 Å². The molecule has 2 fully saturated rings. The Morgan fingerprint density at radius 1 is 1.08 bits per heavy atom. The lowest BCUT2D eigenvalue weighted by atomic mass is 9.89. The first-order chi connectivity index (χ1) is 11.6. The number of aliphatic carboxylic acids is 1. The summed E-state index contributed by atoms with van der Waals surface area (Å²) in [4.78, 5) is 25.9. The second-order valence-corrected chi connectivity index (χ2v) is 7.30. The molecular formula is C20H27NO3. The first-order valence-electron chi connectivity index (χ1n) is 9.20. The molecule has 4 nitrogen and oxygen atoms in total. The first-order valence-corrected chi connectivity index (χ1v) is 9.20. The van der Waals surface area contributed by atoms with E-state index in [1.807, 2.05) is 30.3 Å². The Morgan fingerprint density at radius 2 is 1.79 bits per heavy atom. The van der Waals surface area contributed by atoms with Crippen molar-refractivity contribution in [3.63, 3.8) is 0 Å². The number of benzene rings is 1. The van der Waals surface area contributed by atoms with E-state index in [0.717, 1.165) is 24.3 Å². The van der Waals surface area contributed by atoms with Crippen LogP contribution in [0.3, 0.4) is 0 Å². The number of rotatable bonds is 6. The van der Waals surface area contributed by atoms with Crippen LogP contribution in [0.5, 0.6) is 0 Å². The summed E-state index contributed by atoms with van der Waals surface area (Å²) >= 11 is 0. The molecule has 1 saturated heterocycles. The monoisotopic (exact) mass is 329 g/mol. The lowest BCUT2D eigenvalue weighted by Gasteiger charge is -2.17. The van der Waals surface area contributed by atoms with Crippen molar-refractivity contribution < 1.29 is 14.7 Å². The molecule has 1 saturated carbocycles. The maximum Gasteiger partial charge on any atom is 0.308 e. The highest BCUT2D eigenvalue weighted by Crippen LogP contribution is 2.34. The van der Waals surface area contributed by atoms with Gasteiger partial charge in [-0.2, -0.15) is 0 Å². The fourth-order valence-corrected chi connectivity index (χ4v) is 4.29. The smallest absolute Gasteiger partial charge is 0.308 e. The minimum Gasteiger partial charge on any atom is -0.481 e. The Bertz CT molecular complexity index is 566. The number of carbonyl (C=O) groups excluding carboxylic acids is 1. The highest BCUT2D eigenvalue weighted by molar-refractivity contribution is 5.79. The molecule has 1 N–H and O–H groups in total. The number of carboxylic acids is 1. The lowest BCUT2D eigenvalue weighted by molar-refractivity contribution is -0.141. The first kappa shape index (κ1) is 17.0. The van der Waals surface area contributed by atoms with Crippen LogP contribution >= 0.6 is 0 Å². The molecule has 0 radical (unpaired) electrons. The molecule has 0 bridgehead atoms. The molecule has 130 valence electrons. The molecule has 0 aromatic heterocycles. The lowest BCUT2D eigenvalue weighted by Crippen LogP contribution is -2.29. The molecule has 1 heterocycles. The molecule has 2 aliphatic rings. The van der Waals surface area contributed by atoms with E-state index in [1.54, 1.807) is 4.90 Å². The summed E-state index contributed by atoms with van der Waals surface area (Å²) in [7, 11) is 0. The van der Waals surface area contributed by atoms with Crippen LogP contribution in [0.1, 0.15) is 56.4 Å². The molecule has 1 aromatic rings. The van der Waals surface area contributed by atoms with Crippen molar-refractivity contribution in [1.29, 1.82) is 0 Å². The zero-order valence-electron chi connectivity index (χ0n) is 14.2. The van der Waals surface area contributed by atoms with E-state index in [4.69, 9.17) is 0 Å². The van der Waals surface area contributed by atoms with Gasteiger partial charge in [0.1, 0.15) is 0 Å². The summed E-state index contributed by atoms with van der Waals surface area (Å²) in [6.07, 6.45) is 7.94. The molecule has 4 heteroatoms. The van der Waals surface area contributed by atoms with Crippen molar-refractivity contribution in [3.05, 3.63) is 35.9 Å². The fourth-order valence-electron chi connectivity index (χ4n) is 4.29. The molecule has 3 rings (SSSR count). The molecule has 1 aliphatic carbocycles. The number of carboxylic acid groups (broad SMARTS) is 1. The van der Waals surface area contributed by atoms with Crippen molar-refractivity contribution in [3.8, 4) is 0 Å². The summed E-state index contributed by atoms with van der Waals surface area (Å²) in [5.74, 6) is -0.461. The molecule has 0 spiro atoms. The second kappa shape index (κ2) is 7.82. The van der Waals surface area contributed by atoms with Crippen LogP contribution in [0.4, 0.5) is 0 Å². The van der Waals surface area contributed by atoms with Gasteiger partial charge in [0, 0.05) is 25.4 Å². The van der Waals surface area contributed by atoms with Gasteiger partial charge in [0.05, 0.1) is 5.92 Å². The summed E-state index contributed by atoms with van der Waals surface area (Å²) in [5.41, 5.74) is 1.02. The van der Waals surface area contributed by atoms with E-state index < -0.39 is 11.9 Å². The van der Waals surface area contributed by atoms with Crippen molar-refractivity contribution in [2.24, 2.45) is 11.8 Å². The second-order valence-electron chi connectivity index (χ2n) is 7.30. The van der Waals surface area contributed by atoms with Crippen LogP contribution < -0.4 is 0 Å². The van der Waals surface area contributed by atoms with Gasteiger partial charge < -0.3 is 10.0 Å². The van der Waals surface area contributed by atoms with E-state index >= 15 is 0 Å². The predicted octanol–water partition coefficient (Wildman–Crippen LogP) is 3.67. The zero-order chi connectivity index (χ0) is 16.9. The van der Waals surface area contributed by atoms with Gasteiger partial charge in [-0.25, -0.2) is 0 Å². The number of likely N-dealkylation sites (tertiary alicyclic amines) is 1. The van der Waals surface area contributed by atoms with Crippen LogP contribution in [-0.4, -0.2) is 35.0 Å². The Kier molecular flexibility index (Phi) is 5.54. The van der Waals surface area contributed by atoms with Crippen LogP contribution in [-0.2, 0) is 9.59 Å². The molecular weight excluding hydrogens is 302 g/mol. The van der Waals surface area contributed by atoms with Crippen LogP contribution in [0.2, 0.25) is 0 Å². The average molecular weight is 329 g/mol. The fraction of sp³-hybridized carbons (Fsp3) is 0.600. The van der Waals surface area contributed by atoms with Gasteiger partial charge in [0.15, 0.2) is 0 Å². The van der Waals surface area contributed by atoms with E-state index in [1.165, 1.54) is 25.7 Å². The van der Waals surface area contributed by atoms with Crippen LogP contribution in [0.25, 0.3) is 0 Å². The third kappa shape index (κ3) is 3.97. The average Bonchev–Trinajstić information content (AvgIpc) is 3.25. The minimum absolute atomic E-state index is 0.0949. The van der Waals surface area contributed by atoms with Crippen molar-refractivity contribution in [1.82, 2.24) is 4.90 Å². The Balaban J connectivity index is 1.56. The highest BCUT2D eigenvalue weighted by Gasteiger charge is 2.40. The maximum atomic E-state index is 12.5. The molecule has 1 aromatic carbocycles. The highest BCUT2D eigenvalue weighted by atomic mass is 16.4. The Morgan fingerprint density at radius 3 is 2.46 bits per heavy atom. The van der Waals surface area contributed by atoms with Gasteiger partial charge in [-0.3, -0.25) is 9.59 Å².